The quantitative estimate of drug-likeness (QED) is 0.0204. The van der Waals surface area contributed by atoms with Crippen LogP contribution in [0.4, 0.5) is 0 Å². The number of hydrogen-bond donors (Lipinski definition) is 9. The summed E-state index contributed by atoms with van der Waals surface area (Å²) >= 11 is 0. The van der Waals surface area contributed by atoms with Crippen LogP contribution in [-0.4, -0.2) is 140 Å². The lowest BCUT2D eigenvalue weighted by Crippen LogP contribution is -2.65. The van der Waals surface area contributed by atoms with Crippen molar-refractivity contribution in [1.29, 1.82) is 0 Å². The van der Waals surface area contributed by atoms with E-state index in [1.165, 1.54) is 109 Å². The minimum absolute atomic E-state index is 0.236. The van der Waals surface area contributed by atoms with E-state index < -0.39 is 86.8 Å². The first kappa shape index (κ1) is 91.4. The number of unbranched alkanes of at least 4 members (excludes halogenated alkanes) is 24. The highest BCUT2D eigenvalue weighted by molar-refractivity contribution is 5.76. The second kappa shape index (κ2) is 67.5. The lowest BCUT2D eigenvalue weighted by molar-refractivity contribution is -0.359. The van der Waals surface area contributed by atoms with Crippen molar-refractivity contribution in [3.8, 4) is 0 Å². The Morgan fingerprint density at radius 2 is 0.700 bits per heavy atom. The van der Waals surface area contributed by atoms with Gasteiger partial charge in [0.15, 0.2) is 12.6 Å². The van der Waals surface area contributed by atoms with Gasteiger partial charge >= 0.3 is 0 Å². The van der Waals surface area contributed by atoms with E-state index in [-0.39, 0.29) is 18.9 Å². The summed E-state index contributed by atoms with van der Waals surface area (Å²) in [7, 11) is 0. The molecule has 2 fully saturated rings. The third kappa shape index (κ3) is 49.9. The van der Waals surface area contributed by atoms with Crippen LogP contribution in [0.5, 0.6) is 0 Å². The van der Waals surface area contributed by atoms with Gasteiger partial charge in [0.25, 0.3) is 0 Å². The van der Waals surface area contributed by atoms with Crippen LogP contribution >= 0.6 is 0 Å². The summed E-state index contributed by atoms with van der Waals surface area (Å²) in [6.45, 7) is 2.66. The number of rotatable bonds is 63. The van der Waals surface area contributed by atoms with E-state index >= 15 is 0 Å². The number of hydrogen-bond acceptors (Lipinski definition) is 13. The molecule has 0 aromatic heterocycles. The maximum absolute atomic E-state index is 13.4. The fourth-order valence-corrected chi connectivity index (χ4v) is 11.7. The van der Waals surface area contributed by atoms with Gasteiger partial charge in [-0.25, -0.2) is 0 Å². The highest BCUT2D eigenvalue weighted by Gasteiger charge is 2.51. The highest BCUT2D eigenvalue weighted by Crippen LogP contribution is 2.30. The molecular formula is C86H141NO13. The van der Waals surface area contributed by atoms with Crippen LogP contribution in [0.2, 0.25) is 0 Å². The number of allylic oxidation sites excluding steroid dienone is 27. The second-order valence-corrected chi connectivity index (χ2v) is 26.7. The summed E-state index contributed by atoms with van der Waals surface area (Å²) in [4.78, 5) is 13.4. The first-order valence-corrected chi connectivity index (χ1v) is 39.4. The van der Waals surface area contributed by atoms with Crippen molar-refractivity contribution in [1.82, 2.24) is 5.32 Å². The number of ether oxygens (including phenoxy) is 4. The van der Waals surface area contributed by atoms with Crippen molar-refractivity contribution in [3.63, 3.8) is 0 Å². The maximum atomic E-state index is 13.4. The van der Waals surface area contributed by atoms with Gasteiger partial charge in [-0.3, -0.25) is 4.79 Å². The molecular weight excluding hydrogens is 1250 g/mol. The van der Waals surface area contributed by atoms with Gasteiger partial charge < -0.3 is 65.1 Å². The molecule has 2 aliphatic heterocycles. The Kier molecular flexibility index (Phi) is 61.7. The summed E-state index contributed by atoms with van der Waals surface area (Å²) in [5.41, 5.74) is 0. The van der Waals surface area contributed by atoms with Crippen LogP contribution in [-0.2, 0) is 23.7 Å². The van der Waals surface area contributed by atoms with Gasteiger partial charge in [-0.05, 0) is 128 Å². The van der Waals surface area contributed by atoms with Gasteiger partial charge in [-0.15, -0.1) is 0 Å². The molecule has 2 saturated heterocycles. The van der Waals surface area contributed by atoms with Gasteiger partial charge in [0.1, 0.15) is 48.8 Å². The molecule has 568 valence electrons. The number of carbonyl (C=O) groups is 1. The van der Waals surface area contributed by atoms with Crippen LogP contribution in [0, 0.1) is 0 Å². The molecule has 100 heavy (non-hydrogen) atoms. The standard InChI is InChI=1S/C86H141NO13/c1-3-5-7-9-11-13-15-17-19-21-23-25-27-29-31-32-33-34-35-36-37-38-39-40-41-42-44-46-48-50-52-54-56-58-60-62-64-66-68-70-78(91)87-74(73-97-85-83(96)81(94)84(77(72-89)99-85)100-86-82(95)80(93)79(92)76(71-88)98-86)75(90)69-67-65-63-61-59-57-55-53-51-49-47-45-43-30-28-26-24-22-20-18-16-14-12-10-8-6-4-2/h5,7,11,13,17,19,23,25,29,31,33-34,36-37,39-40,42,44,48,50-51,53-54,56,59,61,67,69,74-77,79-86,88-90,92-96H,3-4,6,8-10,12,14-16,18,20-22,24,26-28,30,32,35,38,41,43,45-47,49,52,55,57-58,60,62-66,68,70-73H2,1-2H3,(H,87,91)/b7-5-,13-11-,19-17-,25-23-,31-29-,34-33-,37-36-,40-39-,44-42-,50-48-,53-51+,56-54-,61-59+,69-67+. The largest absolute Gasteiger partial charge is 0.394 e. The topological polar surface area (TPSA) is 228 Å². The van der Waals surface area contributed by atoms with E-state index in [0.29, 0.717) is 12.8 Å². The van der Waals surface area contributed by atoms with E-state index in [0.717, 1.165) is 128 Å². The molecule has 14 heteroatoms. The molecule has 0 saturated carbocycles. The number of aliphatic hydroxyl groups excluding tert-OH is 8. The number of carbonyl (C=O) groups excluding carboxylic acids is 1. The number of amides is 1. The van der Waals surface area contributed by atoms with Crippen molar-refractivity contribution < 1.29 is 64.6 Å². The van der Waals surface area contributed by atoms with Gasteiger partial charge in [0, 0.05) is 6.42 Å². The molecule has 2 rings (SSSR count). The maximum Gasteiger partial charge on any atom is 0.220 e. The fraction of sp³-hybridized carbons (Fsp3) is 0.663. The Hall–Kier alpha value is -4.65. The molecule has 9 N–H and O–H groups in total. The molecule has 12 unspecified atom stereocenters. The van der Waals surface area contributed by atoms with Gasteiger partial charge in [-0.2, -0.15) is 0 Å². The third-order valence-corrected chi connectivity index (χ3v) is 17.9. The average Bonchev–Trinajstić information content (AvgIpc) is 0.796. The third-order valence-electron chi connectivity index (χ3n) is 17.9. The summed E-state index contributed by atoms with van der Waals surface area (Å²) < 4.78 is 22.9. The van der Waals surface area contributed by atoms with Crippen LogP contribution < -0.4 is 5.32 Å². The molecule has 0 aliphatic carbocycles. The fourth-order valence-electron chi connectivity index (χ4n) is 11.7. The van der Waals surface area contributed by atoms with Crippen LogP contribution in [0.1, 0.15) is 271 Å². The molecule has 14 nitrogen and oxygen atoms in total. The predicted molar refractivity (Wildman–Crippen MR) is 414 cm³/mol. The Labute approximate surface area is 607 Å². The summed E-state index contributed by atoms with van der Waals surface area (Å²) in [5.74, 6) is -0.278. The molecule has 0 spiro atoms. The zero-order valence-corrected chi connectivity index (χ0v) is 62.1. The minimum Gasteiger partial charge on any atom is -0.394 e. The normalized spacial score (nSPS) is 22.8. The average molecular weight is 1400 g/mol. The van der Waals surface area contributed by atoms with Crippen molar-refractivity contribution in [2.75, 3.05) is 19.8 Å². The Morgan fingerprint density at radius 3 is 1.10 bits per heavy atom. The SMILES string of the molecule is CC/C=C\C/C=C\C/C=C\C/C=C\C/C=C\C/C=C\C/C=C\C/C=C\C/C=C\C/C=C\C/C=C\CCCCCCCC(=O)NC(COC1OC(CO)C(OC2OC(CO)C(O)C(O)C2O)C(O)C1O)C(O)/C=C/CC/C=C/CC/C=C/CCCCCCCCCCCCCCCCCCC. The van der Waals surface area contributed by atoms with Crippen molar-refractivity contribution in [3.05, 3.63) is 170 Å². The van der Waals surface area contributed by atoms with Crippen LogP contribution in [0.25, 0.3) is 0 Å². The van der Waals surface area contributed by atoms with Crippen molar-refractivity contribution >= 4 is 5.91 Å². The van der Waals surface area contributed by atoms with E-state index in [1.54, 1.807) is 6.08 Å². The predicted octanol–water partition coefficient (Wildman–Crippen LogP) is 17.9. The summed E-state index contributed by atoms with van der Waals surface area (Å²) in [5, 5.41) is 87.6. The summed E-state index contributed by atoms with van der Waals surface area (Å²) in [6.07, 6.45) is 88.5. The molecule has 0 aromatic rings. The first-order valence-electron chi connectivity index (χ1n) is 39.4. The summed E-state index contributed by atoms with van der Waals surface area (Å²) in [6, 6.07) is -0.964. The zero-order valence-electron chi connectivity index (χ0n) is 62.1. The molecule has 0 aromatic carbocycles. The molecule has 0 bridgehead atoms. The van der Waals surface area contributed by atoms with E-state index in [2.05, 4.69) is 177 Å². The van der Waals surface area contributed by atoms with E-state index in [4.69, 9.17) is 18.9 Å². The smallest absolute Gasteiger partial charge is 0.220 e. The Balaban J connectivity index is 1.68. The van der Waals surface area contributed by atoms with Gasteiger partial charge in [-0.1, -0.05) is 306 Å². The van der Waals surface area contributed by atoms with Crippen LogP contribution in [0.3, 0.4) is 0 Å². The molecule has 1 amide bonds. The Morgan fingerprint density at radius 1 is 0.370 bits per heavy atom. The van der Waals surface area contributed by atoms with E-state index in [9.17, 15) is 45.6 Å². The second-order valence-electron chi connectivity index (χ2n) is 26.7. The monoisotopic (exact) mass is 1400 g/mol. The van der Waals surface area contributed by atoms with Crippen molar-refractivity contribution in [2.45, 2.75) is 344 Å². The van der Waals surface area contributed by atoms with Gasteiger partial charge in [0.2, 0.25) is 5.91 Å². The van der Waals surface area contributed by atoms with Crippen molar-refractivity contribution in [2.24, 2.45) is 0 Å². The molecule has 2 heterocycles. The Bertz CT molecular complexity index is 2340. The lowest BCUT2D eigenvalue weighted by atomic mass is 9.97. The molecule has 2 aliphatic rings. The molecule has 0 radical (unpaired) electrons. The molecule has 12 atom stereocenters. The number of nitrogens with one attached hydrogen (secondary N) is 1. The highest BCUT2D eigenvalue weighted by atomic mass is 16.7. The van der Waals surface area contributed by atoms with Gasteiger partial charge in [0.05, 0.1) is 32.0 Å². The number of aliphatic hydroxyl groups is 8. The van der Waals surface area contributed by atoms with E-state index in [1.807, 2.05) is 6.08 Å². The minimum atomic E-state index is -1.80. The first-order chi connectivity index (χ1) is 49.1. The lowest BCUT2D eigenvalue weighted by Gasteiger charge is -2.46. The van der Waals surface area contributed by atoms with Crippen LogP contribution in [0.15, 0.2) is 170 Å². The zero-order chi connectivity index (χ0) is 72.2.